The third-order valence-corrected chi connectivity index (χ3v) is 6.89. The number of carbonyl (C=O) groups is 2. The number of hydrogen-bond donors (Lipinski definition) is 1. The smallest absolute Gasteiger partial charge is 0.295 e. The monoisotopic (exact) mass is 524 g/mol. The summed E-state index contributed by atoms with van der Waals surface area (Å²) in [5.41, 5.74) is 0.857. The van der Waals surface area contributed by atoms with Gasteiger partial charge in [0.1, 0.15) is 11.5 Å². The molecule has 0 aliphatic carbocycles. The molecule has 6 nitrogen and oxygen atoms in total. The molecular formula is C25H27Cl3N2O4. The summed E-state index contributed by atoms with van der Waals surface area (Å²) in [6, 6.07) is 8.83. The second-order valence-corrected chi connectivity index (χ2v) is 8.99. The van der Waals surface area contributed by atoms with Gasteiger partial charge < -0.3 is 19.6 Å². The summed E-state index contributed by atoms with van der Waals surface area (Å²) in [6.07, 6.45) is 0. The van der Waals surface area contributed by atoms with E-state index in [4.69, 9.17) is 39.5 Å². The second-order valence-electron chi connectivity index (χ2n) is 7.77. The van der Waals surface area contributed by atoms with Crippen molar-refractivity contribution in [3.63, 3.8) is 0 Å². The van der Waals surface area contributed by atoms with Gasteiger partial charge in [-0.05, 0) is 55.9 Å². The van der Waals surface area contributed by atoms with E-state index in [1.54, 1.807) is 30.3 Å². The van der Waals surface area contributed by atoms with E-state index in [0.29, 0.717) is 41.6 Å². The van der Waals surface area contributed by atoms with Crippen molar-refractivity contribution in [3.8, 4) is 5.75 Å². The standard InChI is InChI=1S/C25H27Cl3N2O4/c1-4-29(5-2)11-12-30-22(15-7-9-17(26)18(27)13-15)21(24(32)25(30)33)23(31)16-8-10-20(34-6-3)19(28)14-16/h7-10,13-14,22,31H,4-6,11-12H2,1-3H3/t22-/m1/s1. The molecule has 0 spiro atoms. The minimum absolute atomic E-state index is 0.0248. The number of ether oxygens (including phenoxy) is 1. The van der Waals surface area contributed by atoms with E-state index >= 15 is 0 Å². The van der Waals surface area contributed by atoms with Gasteiger partial charge in [0.2, 0.25) is 0 Å². The first-order valence-corrected chi connectivity index (χ1v) is 12.2. The highest BCUT2D eigenvalue weighted by molar-refractivity contribution is 6.47. The Morgan fingerprint density at radius 2 is 1.71 bits per heavy atom. The average molecular weight is 526 g/mol. The second kappa shape index (κ2) is 11.5. The van der Waals surface area contributed by atoms with E-state index in [1.165, 1.54) is 11.0 Å². The van der Waals surface area contributed by atoms with Crippen molar-refractivity contribution in [2.24, 2.45) is 0 Å². The molecule has 1 heterocycles. The minimum Gasteiger partial charge on any atom is -0.507 e. The number of ketones is 1. The van der Waals surface area contributed by atoms with Crippen LogP contribution in [0.2, 0.25) is 15.1 Å². The predicted molar refractivity (Wildman–Crippen MR) is 136 cm³/mol. The van der Waals surface area contributed by atoms with Gasteiger partial charge in [-0.1, -0.05) is 54.7 Å². The molecule has 2 aromatic rings. The van der Waals surface area contributed by atoms with Crippen LogP contribution in [0.15, 0.2) is 42.0 Å². The lowest BCUT2D eigenvalue weighted by atomic mass is 9.95. The fraction of sp³-hybridized carbons (Fsp3) is 0.360. The van der Waals surface area contributed by atoms with E-state index in [0.717, 1.165) is 13.1 Å². The number of likely N-dealkylation sites (N-methyl/N-ethyl adjacent to an activating group) is 1. The van der Waals surface area contributed by atoms with Crippen LogP contribution < -0.4 is 4.74 Å². The predicted octanol–water partition coefficient (Wildman–Crippen LogP) is 5.81. The molecule has 1 amide bonds. The average Bonchev–Trinajstić information content (AvgIpc) is 3.07. The Morgan fingerprint density at radius 3 is 2.29 bits per heavy atom. The van der Waals surface area contributed by atoms with Gasteiger partial charge in [0.25, 0.3) is 11.7 Å². The molecule has 1 aliphatic rings. The molecule has 0 bridgehead atoms. The van der Waals surface area contributed by atoms with Crippen LogP contribution in [-0.2, 0) is 9.59 Å². The van der Waals surface area contributed by atoms with Crippen molar-refractivity contribution in [1.82, 2.24) is 9.80 Å². The number of carbonyl (C=O) groups excluding carboxylic acids is 2. The SMILES string of the molecule is CCOc1ccc(C(O)=C2C(=O)C(=O)N(CCN(CC)CC)[C@@H]2c2ccc(Cl)c(Cl)c2)cc1Cl. The van der Waals surface area contributed by atoms with Gasteiger partial charge in [-0.3, -0.25) is 9.59 Å². The van der Waals surface area contributed by atoms with Gasteiger partial charge in [-0.2, -0.15) is 0 Å². The number of benzene rings is 2. The largest absolute Gasteiger partial charge is 0.507 e. The molecule has 2 aromatic carbocycles. The highest BCUT2D eigenvalue weighted by Gasteiger charge is 2.46. The summed E-state index contributed by atoms with van der Waals surface area (Å²) in [5.74, 6) is -1.30. The van der Waals surface area contributed by atoms with E-state index in [2.05, 4.69) is 4.90 Å². The Kier molecular flexibility index (Phi) is 8.88. The molecule has 1 aliphatic heterocycles. The maximum atomic E-state index is 13.2. The van der Waals surface area contributed by atoms with Crippen LogP contribution in [0.4, 0.5) is 0 Å². The first-order chi connectivity index (χ1) is 16.2. The Bertz CT molecular complexity index is 1120. The zero-order valence-corrected chi connectivity index (χ0v) is 21.5. The van der Waals surface area contributed by atoms with Crippen molar-refractivity contribution in [2.45, 2.75) is 26.8 Å². The molecule has 1 atom stereocenters. The van der Waals surface area contributed by atoms with Gasteiger partial charge in [-0.25, -0.2) is 0 Å². The van der Waals surface area contributed by atoms with Gasteiger partial charge in [-0.15, -0.1) is 0 Å². The first-order valence-electron chi connectivity index (χ1n) is 11.1. The van der Waals surface area contributed by atoms with Crippen LogP contribution in [0.25, 0.3) is 5.76 Å². The minimum atomic E-state index is -0.823. The van der Waals surface area contributed by atoms with Gasteiger partial charge in [0, 0.05) is 18.7 Å². The van der Waals surface area contributed by atoms with Gasteiger partial charge >= 0.3 is 0 Å². The molecule has 1 saturated heterocycles. The fourth-order valence-electron chi connectivity index (χ4n) is 4.00. The van der Waals surface area contributed by atoms with Crippen molar-refractivity contribution in [3.05, 3.63) is 68.2 Å². The Morgan fingerprint density at radius 1 is 1.00 bits per heavy atom. The van der Waals surface area contributed by atoms with Crippen LogP contribution in [0.3, 0.4) is 0 Å². The van der Waals surface area contributed by atoms with Crippen LogP contribution in [0.1, 0.15) is 37.9 Å². The Balaban J connectivity index is 2.12. The van der Waals surface area contributed by atoms with E-state index in [9.17, 15) is 14.7 Å². The molecule has 1 N–H and O–H groups in total. The van der Waals surface area contributed by atoms with Crippen molar-refractivity contribution >= 4 is 52.3 Å². The van der Waals surface area contributed by atoms with Crippen molar-refractivity contribution < 1.29 is 19.4 Å². The molecule has 0 radical (unpaired) electrons. The highest BCUT2D eigenvalue weighted by Crippen LogP contribution is 2.41. The number of likely N-dealkylation sites (tertiary alicyclic amines) is 1. The third kappa shape index (κ3) is 5.36. The molecule has 1 fully saturated rings. The molecule has 182 valence electrons. The summed E-state index contributed by atoms with van der Waals surface area (Å²) < 4.78 is 5.45. The summed E-state index contributed by atoms with van der Waals surface area (Å²) >= 11 is 18.7. The molecule has 0 unspecified atom stereocenters. The quantitative estimate of drug-likeness (QED) is 0.254. The number of nitrogens with zero attached hydrogens (tertiary/aromatic N) is 2. The normalized spacial score (nSPS) is 17.6. The summed E-state index contributed by atoms with van der Waals surface area (Å²) in [4.78, 5) is 29.9. The number of aliphatic hydroxyl groups is 1. The Labute approximate surface area is 214 Å². The maximum absolute atomic E-state index is 13.2. The van der Waals surface area contributed by atoms with Crippen LogP contribution >= 0.6 is 34.8 Å². The zero-order valence-electron chi connectivity index (χ0n) is 19.3. The lowest BCUT2D eigenvalue weighted by Gasteiger charge is -2.28. The zero-order chi connectivity index (χ0) is 25.0. The van der Waals surface area contributed by atoms with Gasteiger partial charge in [0.05, 0.1) is 33.3 Å². The molecular weight excluding hydrogens is 499 g/mol. The number of aliphatic hydroxyl groups excluding tert-OH is 1. The Hall–Kier alpha value is -2.25. The number of Topliss-reactive ketones (excluding diaryl/α,β-unsaturated/α-hetero) is 1. The number of hydrogen-bond acceptors (Lipinski definition) is 5. The lowest BCUT2D eigenvalue weighted by molar-refractivity contribution is -0.140. The first kappa shape index (κ1) is 26.4. The third-order valence-electron chi connectivity index (χ3n) is 5.86. The van der Waals surface area contributed by atoms with Gasteiger partial charge in [0.15, 0.2) is 0 Å². The van der Waals surface area contributed by atoms with E-state index < -0.39 is 17.7 Å². The van der Waals surface area contributed by atoms with Crippen molar-refractivity contribution in [2.75, 3.05) is 32.8 Å². The summed E-state index contributed by atoms with van der Waals surface area (Å²) in [7, 11) is 0. The molecule has 0 saturated carbocycles. The van der Waals surface area contributed by atoms with Crippen molar-refractivity contribution in [1.29, 1.82) is 0 Å². The molecule has 9 heteroatoms. The molecule has 3 rings (SSSR count). The molecule has 34 heavy (non-hydrogen) atoms. The number of amides is 1. The van der Waals surface area contributed by atoms with E-state index in [1.807, 2.05) is 20.8 Å². The van der Waals surface area contributed by atoms with E-state index in [-0.39, 0.29) is 21.4 Å². The number of halogens is 3. The fourth-order valence-corrected chi connectivity index (χ4v) is 4.55. The highest BCUT2D eigenvalue weighted by atomic mass is 35.5. The topological polar surface area (TPSA) is 70.1 Å². The molecule has 0 aromatic heterocycles. The lowest BCUT2D eigenvalue weighted by Crippen LogP contribution is -2.38. The summed E-state index contributed by atoms with van der Waals surface area (Å²) in [6.45, 7) is 8.82. The van der Waals surface area contributed by atoms with Crippen LogP contribution in [0.5, 0.6) is 5.75 Å². The maximum Gasteiger partial charge on any atom is 0.295 e. The van der Waals surface area contributed by atoms with Crippen LogP contribution in [0, 0.1) is 0 Å². The summed E-state index contributed by atoms with van der Waals surface area (Å²) in [5, 5.41) is 12.1. The number of rotatable bonds is 9. The van der Waals surface area contributed by atoms with Crippen LogP contribution in [-0.4, -0.2) is 59.4 Å².